The monoisotopic (exact) mass is 620 g/mol. The van der Waals surface area contributed by atoms with E-state index >= 15 is 0 Å². The van der Waals surface area contributed by atoms with Gasteiger partial charge in [-0.3, -0.25) is 0 Å². The minimum Gasteiger partial charge on any atom is -0.393 e. The number of ether oxygens (including phenoxy) is 4. The quantitative estimate of drug-likeness (QED) is 0.301. The normalized spacial score (nSPS) is 62.2. The van der Waals surface area contributed by atoms with Crippen LogP contribution in [0.2, 0.25) is 0 Å². The zero-order valence-corrected chi connectivity index (χ0v) is 27.7. The second-order valence-electron chi connectivity index (χ2n) is 18.4. The third kappa shape index (κ3) is 3.53. The molecule has 9 nitrogen and oxygen atoms in total. The molecule has 8 fully saturated rings. The van der Waals surface area contributed by atoms with Crippen molar-refractivity contribution in [3.05, 3.63) is 0 Å². The van der Waals surface area contributed by atoms with Crippen LogP contribution in [-0.4, -0.2) is 92.5 Å². The summed E-state index contributed by atoms with van der Waals surface area (Å²) in [6.45, 7) is 15.4. The van der Waals surface area contributed by atoms with E-state index < -0.39 is 42.1 Å². The predicted octanol–water partition coefficient (Wildman–Crippen LogP) is 3.12. The molecule has 0 aromatic carbocycles. The molecule has 2 bridgehead atoms. The topological polar surface area (TPSA) is 138 Å². The van der Waals surface area contributed by atoms with Gasteiger partial charge in [0.05, 0.1) is 30.5 Å². The molecule has 0 amide bonds. The van der Waals surface area contributed by atoms with Gasteiger partial charge in [-0.2, -0.15) is 0 Å². The zero-order valence-electron chi connectivity index (χ0n) is 27.7. The summed E-state index contributed by atoms with van der Waals surface area (Å²) in [5, 5.41) is 54.2. The van der Waals surface area contributed by atoms with Crippen LogP contribution in [0.4, 0.5) is 0 Å². The van der Waals surface area contributed by atoms with Gasteiger partial charge in [0.15, 0.2) is 12.1 Å². The minimum atomic E-state index is -1.31. The van der Waals surface area contributed by atoms with E-state index in [9.17, 15) is 25.5 Å². The van der Waals surface area contributed by atoms with Crippen molar-refractivity contribution in [3.63, 3.8) is 0 Å². The average molecular weight is 621 g/mol. The Balaban J connectivity index is 1.10. The van der Waals surface area contributed by atoms with Crippen molar-refractivity contribution in [2.75, 3.05) is 6.61 Å². The van der Waals surface area contributed by atoms with Crippen molar-refractivity contribution in [2.45, 2.75) is 160 Å². The highest BCUT2D eigenvalue weighted by molar-refractivity contribution is 5.34. The summed E-state index contributed by atoms with van der Waals surface area (Å²) in [5.41, 5.74) is -1.28. The van der Waals surface area contributed by atoms with E-state index in [0.29, 0.717) is 12.3 Å². The third-order valence-corrected chi connectivity index (χ3v) is 15.7. The summed E-state index contributed by atoms with van der Waals surface area (Å²) in [5.74, 6) is 0.319. The van der Waals surface area contributed by atoms with Gasteiger partial charge in [0.25, 0.3) is 0 Å². The Hall–Kier alpha value is -0.360. The predicted molar refractivity (Wildman–Crippen MR) is 159 cm³/mol. The van der Waals surface area contributed by atoms with E-state index in [1.807, 2.05) is 13.8 Å². The van der Waals surface area contributed by atoms with Crippen molar-refractivity contribution in [1.29, 1.82) is 0 Å². The van der Waals surface area contributed by atoms with Crippen LogP contribution in [0.3, 0.4) is 0 Å². The first-order valence-electron chi connectivity index (χ1n) is 17.4. The number of rotatable bonds is 3. The highest BCUT2D eigenvalue weighted by Gasteiger charge is 2.87. The maximum Gasteiger partial charge on any atom is 0.186 e. The molecule has 8 rings (SSSR count). The van der Waals surface area contributed by atoms with Crippen molar-refractivity contribution >= 4 is 0 Å². The Morgan fingerprint density at radius 1 is 0.795 bits per heavy atom. The molecule has 0 radical (unpaired) electrons. The van der Waals surface area contributed by atoms with Gasteiger partial charge < -0.3 is 44.5 Å². The Morgan fingerprint density at radius 3 is 2.23 bits per heavy atom. The van der Waals surface area contributed by atoms with E-state index in [1.165, 1.54) is 0 Å². The molecule has 8 aliphatic rings. The number of fused-ring (bicyclic) bond motifs is 4. The zero-order chi connectivity index (χ0) is 31.6. The Labute approximate surface area is 262 Å². The summed E-state index contributed by atoms with van der Waals surface area (Å²) >= 11 is 0. The van der Waals surface area contributed by atoms with Crippen LogP contribution >= 0.6 is 0 Å². The summed E-state index contributed by atoms with van der Waals surface area (Å²) in [6.07, 6.45) is 1.70. The van der Waals surface area contributed by atoms with Crippen LogP contribution in [0.1, 0.15) is 99.8 Å². The Kier molecular flexibility index (Phi) is 6.33. The van der Waals surface area contributed by atoms with Gasteiger partial charge in [0, 0.05) is 12.3 Å². The van der Waals surface area contributed by atoms with Crippen LogP contribution < -0.4 is 0 Å². The first kappa shape index (κ1) is 30.9. The SMILES string of the molecule is C[C@@H]1C[C@H]2O[C@]3(C[C@@]4(C)[C@@H]5[C@@H](O)C[C@H]6C(C)(C)[C@@H](O[C@H]7OC[C@@H](O)[C@@H](O)[C@H]7O)CC[C@@]67C[C@@]57CC[C@]4(C)[C@@H]13)O[C@H]2C(C)(C)O. The van der Waals surface area contributed by atoms with Crippen LogP contribution in [0.5, 0.6) is 0 Å². The summed E-state index contributed by atoms with van der Waals surface area (Å²) in [4.78, 5) is 0. The number of aliphatic hydroxyl groups excluding tert-OH is 4. The molecule has 3 heterocycles. The van der Waals surface area contributed by atoms with Crippen LogP contribution in [0.15, 0.2) is 0 Å². The fourth-order valence-corrected chi connectivity index (χ4v) is 14.0. The lowest BCUT2D eigenvalue weighted by atomic mass is 9.41. The molecule has 0 unspecified atom stereocenters. The molecule has 5 N–H and O–H groups in total. The number of hydrogen-bond acceptors (Lipinski definition) is 9. The molecule has 44 heavy (non-hydrogen) atoms. The molecule has 5 aliphatic carbocycles. The van der Waals surface area contributed by atoms with Gasteiger partial charge in [-0.1, -0.05) is 34.6 Å². The molecule has 9 heteroatoms. The largest absolute Gasteiger partial charge is 0.393 e. The molecular formula is C35H56O9. The lowest BCUT2D eigenvalue weighted by Gasteiger charge is -2.64. The second kappa shape index (κ2) is 9.00. The fraction of sp³-hybridized carbons (Fsp3) is 1.00. The Morgan fingerprint density at radius 2 is 1.52 bits per heavy atom. The molecule has 3 saturated heterocycles. The van der Waals surface area contributed by atoms with Gasteiger partial charge in [-0.25, -0.2) is 0 Å². The number of aliphatic hydroxyl groups is 5. The third-order valence-electron chi connectivity index (χ3n) is 15.7. The van der Waals surface area contributed by atoms with Crippen LogP contribution in [0.25, 0.3) is 0 Å². The van der Waals surface area contributed by atoms with E-state index in [-0.39, 0.29) is 69.7 Å². The van der Waals surface area contributed by atoms with Gasteiger partial charge in [-0.05, 0) is 104 Å². The summed E-state index contributed by atoms with van der Waals surface area (Å²) < 4.78 is 25.9. The van der Waals surface area contributed by atoms with Crippen molar-refractivity contribution in [2.24, 2.45) is 50.7 Å². The molecule has 0 aromatic heterocycles. The lowest BCUT2D eigenvalue weighted by Crippen LogP contribution is -2.63. The van der Waals surface area contributed by atoms with Crippen LogP contribution in [0, 0.1) is 50.7 Å². The molecule has 5 saturated carbocycles. The van der Waals surface area contributed by atoms with Crippen LogP contribution in [-0.2, 0) is 18.9 Å². The van der Waals surface area contributed by atoms with Gasteiger partial charge in [0.2, 0.25) is 0 Å². The van der Waals surface area contributed by atoms with Gasteiger partial charge in [0.1, 0.15) is 24.4 Å². The highest BCUT2D eigenvalue weighted by atomic mass is 16.8. The first-order chi connectivity index (χ1) is 20.4. The smallest absolute Gasteiger partial charge is 0.186 e. The van der Waals surface area contributed by atoms with Gasteiger partial charge >= 0.3 is 0 Å². The molecule has 250 valence electrons. The Bertz CT molecular complexity index is 1200. The molecule has 3 aliphatic heterocycles. The fourth-order valence-electron chi connectivity index (χ4n) is 14.0. The standard InChI is InChI=1S/C35H56O9/c1-17-12-20-27(30(4,5)40)44-35(43-20)15-32(7)26-18(36)13-21-29(2,3)22(42-28-24(39)23(38)19(37)14-41-28)8-9-33(21)16-34(26,33)11-10-31(32,6)25(17)35/h17-28,36-40H,8-16H2,1-7H3/t17-,18+,19-,20-,21+,22+,23-,24-,25-,26+,27-,28-,31-,32+,33-,34+,35-/m1/s1. The highest BCUT2D eigenvalue weighted by Crippen LogP contribution is 2.90. The van der Waals surface area contributed by atoms with E-state index in [2.05, 4.69) is 34.6 Å². The molecule has 0 aromatic rings. The first-order valence-corrected chi connectivity index (χ1v) is 17.4. The summed E-state index contributed by atoms with van der Waals surface area (Å²) in [6, 6.07) is 0. The minimum absolute atomic E-state index is 0.0465. The summed E-state index contributed by atoms with van der Waals surface area (Å²) in [7, 11) is 0. The van der Waals surface area contributed by atoms with Crippen molar-refractivity contribution in [1.82, 2.24) is 0 Å². The maximum absolute atomic E-state index is 12.4. The van der Waals surface area contributed by atoms with Gasteiger partial charge in [-0.15, -0.1) is 0 Å². The van der Waals surface area contributed by atoms with Crippen molar-refractivity contribution in [3.8, 4) is 0 Å². The van der Waals surface area contributed by atoms with E-state index in [1.54, 1.807) is 0 Å². The van der Waals surface area contributed by atoms with Crippen molar-refractivity contribution < 1.29 is 44.5 Å². The number of hydrogen-bond donors (Lipinski definition) is 5. The molecule has 17 atom stereocenters. The molecular weight excluding hydrogens is 564 g/mol. The molecule has 3 spiro atoms. The van der Waals surface area contributed by atoms with E-state index in [0.717, 1.165) is 44.9 Å². The average Bonchev–Trinajstić information content (AvgIpc) is 3.38. The van der Waals surface area contributed by atoms with E-state index in [4.69, 9.17) is 18.9 Å². The lowest BCUT2D eigenvalue weighted by molar-refractivity contribution is -0.304. The maximum atomic E-state index is 12.4. The second-order valence-corrected chi connectivity index (χ2v) is 18.4.